The Bertz CT molecular complexity index is 324. The SMILES string of the molecule is [Zn].c1ccc(Nc2ccccn2)cc1. The molecule has 0 saturated carbocycles. The molecule has 0 amide bonds. The van der Waals surface area contributed by atoms with Crippen LogP contribution in [0, 0.1) is 0 Å². The molecule has 0 saturated heterocycles. The van der Waals surface area contributed by atoms with Crippen LogP contribution in [-0.4, -0.2) is 4.98 Å². The second-order valence-electron chi connectivity index (χ2n) is 2.71. The van der Waals surface area contributed by atoms with Crippen molar-refractivity contribution in [1.82, 2.24) is 4.98 Å². The Morgan fingerprint density at radius 2 is 1.57 bits per heavy atom. The molecule has 14 heavy (non-hydrogen) atoms. The molecule has 66 valence electrons. The van der Waals surface area contributed by atoms with Gasteiger partial charge in [0.2, 0.25) is 0 Å². The predicted molar refractivity (Wildman–Crippen MR) is 54.0 cm³/mol. The Hall–Kier alpha value is -1.21. The fourth-order valence-corrected chi connectivity index (χ4v) is 1.11. The first-order chi connectivity index (χ1) is 6.45. The van der Waals surface area contributed by atoms with Crippen molar-refractivity contribution < 1.29 is 19.5 Å². The average Bonchev–Trinajstić information content (AvgIpc) is 2.21. The molecular weight excluding hydrogens is 226 g/mol. The zero-order valence-corrected chi connectivity index (χ0v) is 10.8. The van der Waals surface area contributed by atoms with Gasteiger partial charge in [0.1, 0.15) is 5.82 Å². The van der Waals surface area contributed by atoms with E-state index in [2.05, 4.69) is 10.3 Å². The molecule has 2 aromatic rings. The van der Waals surface area contributed by atoms with E-state index in [1.165, 1.54) is 0 Å². The number of aromatic nitrogens is 1. The van der Waals surface area contributed by atoms with E-state index in [1.54, 1.807) is 6.20 Å². The van der Waals surface area contributed by atoms with Crippen molar-refractivity contribution in [2.24, 2.45) is 0 Å². The summed E-state index contributed by atoms with van der Waals surface area (Å²) < 4.78 is 0. The summed E-state index contributed by atoms with van der Waals surface area (Å²) in [4.78, 5) is 4.16. The number of para-hydroxylation sites is 1. The summed E-state index contributed by atoms with van der Waals surface area (Å²) in [5.74, 6) is 0.869. The zero-order chi connectivity index (χ0) is 8.93. The van der Waals surface area contributed by atoms with Gasteiger partial charge >= 0.3 is 0 Å². The number of hydrogen-bond donors (Lipinski definition) is 1. The molecule has 0 unspecified atom stereocenters. The van der Waals surface area contributed by atoms with Crippen LogP contribution in [-0.2, 0) is 19.5 Å². The second kappa shape index (κ2) is 5.51. The van der Waals surface area contributed by atoms with Crippen molar-refractivity contribution in [3.63, 3.8) is 0 Å². The van der Waals surface area contributed by atoms with Crippen LogP contribution in [0.5, 0.6) is 0 Å². The zero-order valence-electron chi connectivity index (χ0n) is 7.85. The summed E-state index contributed by atoms with van der Waals surface area (Å²) in [5, 5.41) is 3.19. The fourth-order valence-electron chi connectivity index (χ4n) is 1.11. The third-order valence-corrected chi connectivity index (χ3v) is 1.71. The normalized spacial score (nSPS) is 8.86. The van der Waals surface area contributed by atoms with Crippen molar-refractivity contribution in [3.05, 3.63) is 54.7 Å². The minimum absolute atomic E-state index is 0. The molecular formula is C11H10N2Zn. The van der Waals surface area contributed by atoms with E-state index in [9.17, 15) is 0 Å². The van der Waals surface area contributed by atoms with Crippen LogP contribution in [0.4, 0.5) is 11.5 Å². The van der Waals surface area contributed by atoms with E-state index in [1.807, 2.05) is 48.5 Å². The predicted octanol–water partition coefficient (Wildman–Crippen LogP) is 2.82. The van der Waals surface area contributed by atoms with Gasteiger partial charge in [-0.3, -0.25) is 0 Å². The monoisotopic (exact) mass is 234 g/mol. The number of nitrogens with zero attached hydrogens (tertiary/aromatic N) is 1. The van der Waals surface area contributed by atoms with E-state index in [4.69, 9.17) is 0 Å². The van der Waals surface area contributed by atoms with Crippen molar-refractivity contribution in [2.75, 3.05) is 5.32 Å². The van der Waals surface area contributed by atoms with Crippen molar-refractivity contribution in [3.8, 4) is 0 Å². The number of hydrogen-bond acceptors (Lipinski definition) is 2. The number of benzene rings is 1. The quantitative estimate of drug-likeness (QED) is 0.810. The summed E-state index contributed by atoms with van der Waals surface area (Å²) in [6.45, 7) is 0. The Kier molecular flexibility index (Phi) is 4.28. The molecule has 0 aliphatic heterocycles. The molecule has 0 fully saturated rings. The maximum atomic E-state index is 4.16. The molecule has 0 atom stereocenters. The van der Waals surface area contributed by atoms with Gasteiger partial charge in [-0.15, -0.1) is 0 Å². The molecule has 1 heterocycles. The Morgan fingerprint density at radius 3 is 2.21 bits per heavy atom. The van der Waals surface area contributed by atoms with Crippen LogP contribution >= 0.6 is 0 Å². The summed E-state index contributed by atoms with van der Waals surface area (Å²) in [7, 11) is 0. The van der Waals surface area contributed by atoms with Gasteiger partial charge in [0, 0.05) is 31.4 Å². The van der Waals surface area contributed by atoms with E-state index < -0.39 is 0 Å². The van der Waals surface area contributed by atoms with Crippen LogP contribution in [0.1, 0.15) is 0 Å². The largest absolute Gasteiger partial charge is 0.340 e. The number of nitrogens with one attached hydrogen (secondary N) is 1. The topological polar surface area (TPSA) is 24.9 Å². The molecule has 0 aliphatic rings. The van der Waals surface area contributed by atoms with Crippen LogP contribution in [0.3, 0.4) is 0 Å². The number of pyridine rings is 1. The van der Waals surface area contributed by atoms with Crippen LogP contribution in [0.2, 0.25) is 0 Å². The van der Waals surface area contributed by atoms with Crippen molar-refractivity contribution in [1.29, 1.82) is 0 Å². The van der Waals surface area contributed by atoms with Crippen LogP contribution in [0.15, 0.2) is 54.7 Å². The first-order valence-corrected chi connectivity index (χ1v) is 4.18. The maximum absolute atomic E-state index is 4.16. The summed E-state index contributed by atoms with van der Waals surface area (Å²) in [6.07, 6.45) is 1.77. The number of rotatable bonds is 2. The first-order valence-electron chi connectivity index (χ1n) is 4.18. The van der Waals surface area contributed by atoms with Crippen LogP contribution in [0.25, 0.3) is 0 Å². The average molecular weight is 236 g/mol. The molecule has 0 spiro atoms. The molecule has 1 N–H and O–H groups in total. The van der Waals surface area contributed by atoms with Gasteiger partial charge in [0.25, 0.3) is 0 Å². The minimum atomic E-state index is 0. The summed E-state index contributed by atoms with van der Waals surface area (Å²) in [6, 6.07) is 15.8. The van der Waals surface area contributed by atoms with Crippen molar-refractivity contribution in [2.45, 2.75) is 0 Å². The van der Waals surface area contributed by atoms with Gasteiger partial charge in [-0.2, -0.15) is 0 Å². The molecule has 2 rings (SSSR count). The maximum Gasteiger partial charge on any atom is 0.130 e. The fraction of sp³-hybridized carbons (Fsp3) is 0. The smallest absolute Gasteiger partial charge is 0.130 e. The molecule has 2 nitrogen and oxygen atoms in total. The Balaban J connectivity index is 0.000000980. The third-order valence-electron chi connectivity index (χ3n) is 1.71. The van der Waals surface area contributed by atoms with Gasteiger partial charge in [0.05, 0.1) is 0 Å². The Labute approximate surface area is 96.1 Å². The van der Waals surface area contributed by atoms with Gasteiger partial charge in [-0.05, 0) is 24.3 Å². The van der Waals surface area contributed by atoms with E-state index in [0.717, 1.165) is 11.5 Å². The molecule has 0 radical (unpaired) electrons. The van der Waals surface area contributed by atoms with Gasteiger partial charge in [-0.25, -0.2) is 4.98 Å². The summed E-state index contributed by atoms with van der Waals surface area (Å²) in [5.41, 5.74) is 1.06. The summed E-state index contributed by atoms with van der Waals surface area (Å²) >= 11 is 0. The molecule has 1 aromatic carbocycles. The van der Waals surface area contributed by atoms with Crippen molar-refractivity contribution >= 4 is 11.5 Å². The number of anilines is 2. The van der Waals surface area contributed by atoms with E-state index >= 15 is 0 Å². The standard InChI is InChI=1S/C11H10N2.Zn/c1-2-6-10(7-3-1)13-11-8-4-5-9-12-11;/h1-9H,(H,12,13);. The second-order valence-corrected chi connectivity index (χ2v) is 2.71. The molecule has 3 heteroatoms. The van der Waals surface area contributed by atoms with E-state index in [0.29, 0.717) is 0 Å². The molecule has 0 aliphatic carbocycles. The molecule has 1 aromatic heterocycles. The Morgan fingerprint density at radius 1 is 0.857 bits per heavy atom. The first kappa shape index (κ1) is 10.9. The van der Waals surface area contributed by atoms with Gasteiger partial charge < -0.3 is 5.32 Å². The third kappa shape index (κ3) is 2.93. The molecule has 0 bridgehead atoms. The van der Waals surface area contributed by atoms with E-state index in [-0.39, 0.29) is 19.5 Å². The van der Waals surface area contributed by atoms with Gasteiger partial charge in [-0.1, -0.05) is 24.3 Å². The minimum Gasteiger partial charge on any atom is -0.340 e. The van der Waals surface area contributed by atoms with Crippen LogP contribution < -0.4 is 5.32 Å². The van der Waals surface area contributed by atoms with Gasteiger partial charge in [0.15, 0.2) is 0 Å².